The van der Waals surface area contributed by atoms with E-state index in [4.69, 9.17) is 14.2 Å². The van der Waals surface area contributed by atoms with Crippen molar-refractivity contribution in [2.45, 2.75) is 70.1 Å². The van der Waals surface area contributed by atoms with Crippen LogP contribution in [-0.4, -0.2) is 48.3 Å². The average Bonchev–Trinajstić information content (AvgIpc) is 3.31. The van der Waals surface area contributed by atoms with Crippen LogP contribution in [0.3, 0.4) is 0 Å². The molecule has 7 atom stereocenters. The maximum Gasteiger partial charge on any atom is 0.101 e. The first-order chi connectivity index (χ1) is 9.84. The van der Waals surface area contributed by atoms with E-state index in [1.165, 1.54) is 5.57 Å². The predicted molar refractivity (Wildman–Crippen MR) is 80.1 cm³/mol. The molecule has 0 radical (unpaired) electrons. The molecule has 3 aliphatic rings. The number of hydrogen-bond donors (Lipinski definition) is 1. The molecule has 3 rings (SSSR count). The van der Waals surface area contributed by atoms with Gasteiger partial charge in [-0.15, -0.1) is 0 Å². The summed E-state index contributed by atoms with van der Waals surface area (Å²) in [6, 6.07) is 0. The van der Waals surface area contributed by atoms with Crippen molar-refractivity contribution in [3.05, 3.63) is 11.6 Å². The number of epoxide rings is 2. The molecule has 0 amide bonds. The second kappa shape index (κ2) is 5.05. The van der Waals surface area contributed by atoms with Gasteiger partial charge in [0.25, 0.3) is 0 Å². The fraction of sp³-hybridized carbons (Fsp3) is 0.882. The average molecular weight is 296 g/mol. The largest absolute Gasteiger partial charge is 0.390 e. The smallest absolute Gasteiger partial charge is 0.101 e. The first-order valence-corrected chi connectivity index (χ1v) is 8.00. The van der Waals surface area contributed by atoms with Crippen molar-refractivity contribution in [1.29, 1.82) is 0 Å². The third-order valence-corrected chi connectivity index (χ3v) is 5.61. The topological polar surface area (TPSA) is 54.5 Å². The molecular weight excluding hydrogens is 268 g/mol. The van der Waals surface area contributed by atoms with Crippen LogP contribution in [0.15, 0.2) is 11.6 Å². The highest BCUT2D eigenvalue weighted by molar-refractivity contribution is 5.21. The number of allylic oxidation sites excluding steroid dienone is 1. The lowest BCUT2D eigenvalue weighted by Crippen LogP contribution is -2.57. The molecule has 0 aromatic heterocycles. The van der Waals surface area contributed by atoms with Crippen LogP contribution in [0.4, 0.5) is 0 Å². The van der Waals surface area contributed by atoms with Gasteiger partial charge in [0.05, 0.1) is 30.8 Å². The van der Waals surface area contributed by atoms with Gasteiger partial charge in [0.15, 0.2) is 0 Å². The lowest BCUT2D eigenvalue weighted by atomic mass is 9.65. The highest BCUT2D eigenvalue weighted by Gasteiger charge is 2.72. The summed E-state index contributed by atoms with van der Waals surface area (Å²) in [4.78, 5) is 0. The molecule has 4 nitrogen and oxygen atoms in total. The number of aliphatic hydroxyl groups is 1. The van der Waals surface area contributed by atoms with Crippen molar-refractivity contribution in [3.63, 3.8) is 0 Å². The first-order valence-electron chi connectivity index (χ1n) is 8.00. The van der Waals surface area contributed by atoms with Crippen molar-refractivity contribution in [2.24, 2.45) is 11.8 Å². The van der Waals surface area contributed by atoms with Gasteiger partial charge in [-0.05, 0) is 39.5 Å². The van der Waals surface area contributed by atoms with Crippen molar-refractivity contribution in [1.82, 2.24) is 0 Å². The second-order valence-corrected chi connectivity index (χ2v) is 7.51. The molecule has 0 aromatic carbocycles. The molecule has 21 heavy (non-hydrogen) atoms. The van der Waals surface area contributed by atoms with Crippen molar-refractivity contribution < 1.29 is 19.3 Å². The van der Waals surface area contributed by atoms with Gasteiger partial charge in [0.2, 0.25) is 0 Å². The maximum absolute atomic E-state index is 10.5. The summed E-state index contributed by atoms with van der Waals surface area (Å²) in [6.07, 6.45) is 3.59. The zero-order valence-corrected chi connectivity index (χ0v) is 13.8. The van der Waals surface area contributed by atoms with Crippen LogP contribution in [0.1, 0.15) is 40.5 Å². The summed E-state index contributed by atoms with van der Waals surface area (Å²) in [7, 11) is 1.69. The zero-order valence-electron chi connectivity index (χ0n) is 13.8. The molecular formula is C17H28O4. The molecule has 3 fully saturated rings. The van der Waals surface area contributed by atoms with Crippen LogP contribution in [0.25, 0.3) is 0 Å². The van der Waals surface area contributed by atoms with Crippen molar-refractivity contribution in [3.8, 4) is 0 Å². The standard InChI is InChI=1S/C17H28O4/c1-10(2)6-7-12-16(4,21-12)15-14(19-5)13(18)11(3)8-17(15)9-20-17/h6,11-15,18H,7-9H2,1-5H3/t11-,12-,13-,14-,15-,16+,17+/m1/s1. The number of ether oxygens (including phenoxy) is 3. The molecule has 0 aromatic rings. The summed E-state index contributed by atoms with van der Waals surface area (Å²) < 4.78 is 17.6. The minimum absolute atomic E-state index is 0.108. The number of rotatable bonds is 4. The van der Waals surface area contributed by atoms with E-state index in [0.717, 1.165) is 19.4 Å². The Morgan fingerprint density at radius 3 is 2.62 bits per heavy atom. The Morgan fingerprint density at radius 1 is 1.43 bits per heavy atom. The number of methoxy groups -OCH3 is 1. The summed E-state index contributed by atoms with van der Waals surface area (Å²) >= 11 is 0. The monoisotopic (exact) mass is 296 g/mol. The van der Waals surface area contributed by atoms with Gasteiger partial charge in [0, 0.05) is 7.11 Å². The van der Waals surface area contributed by atoms with Crippen LogP contribution >= 0.6 is 0 Å². The van der Waals surface area contributed by atoms with E-state index in [1.54, 1.807) is 7.11 Å². The lowest BCUT2D eigenvalue weighted by molar-refractivity contribution is -0.137. The van der Waals surface area contributed by atoms with E-state index in [1.807, 2.05) is 0 Å². The third kappa shape index (κ3) is 2.46. The van der Waals surface area contributed by atoms with E-state index in [9.17, 15) is 5.11 Å². The van der Waals surface area contributed by atoms with Gasteiger partial charge >= 0.3 is 0 Å². The highest BCUT2D eigenvalue weighted by atomic mass is 16.6. The van der Waals surface area contributed by atoms with Crippen molar-refractivity contribution >= 4 is 0 Å². The van der Waals surface area contributed by atoms with Crippen LogP contribution in [0.2, 0.25) is 0 Å². The molecule has 1 spiro atoms. The Labute approximate surface area is 127 Å². The molecule has 1 N–H and O–H groups in total. The molecule has 2 heterocycles. The lowest BCUT2D eigenvalue weighted by Gasteiger charge is -2.44. The summed E-state index contributed by atoms with van der Waals surface area (Å²) in [6.45, 7) is 9.21. The number of hydrogen-bond acceptors (Lipinski definition) is 4. The van der Waals surface area contributed by atoms with Crippen molar-refractivity contribution in [2.75, 3.05) is 13.7 Å². The zero-order chi connectivity index (χ0) is 15.4. The molecule has 0 unspecified atom stereocenters. The third-order valence-electron chi connectivity index (χ3n) is 5.61. The molecule has 4 heteroatoms. The Bertz CT molecular complexity index is 438. The summed E-state index contributed by atoms with van der Waals surface area (Å²) in [5, 5.41) is 10.5. The van der Waals surface area contributed by atoms with E-state index in [-0.39, 0.29) is 35.2 Å². The van der Waals surface area contributed by atoms with Gasteiger partial charge < -0.3 is 19.3 Å². The minimum atomic E-state index is -0.444. The van der Waals surface area contributed by atoms with Gasteiger partial charge in [-0.25, -0.2) is 0 Å². The van der Waals surface area contributed by atoms with Crippen LogP contribution < -0.4 is 0 Å². The van der Waals surface area contributed by atoms with E-state index >= 15 is 0 Å². The normalized spacial score (nSPS) is 51.8. The summed E-state index contributed by atoms with van der Waals surface area (Å²) in [5.74, 6) is 0.309. The summed E-state index contributed by atoms with van der Waals surface area (Å²) in [5.41, 5.74) is 0.920. The van der Waals surface area contributed by atoms with E-state index in [2.05, 4.69) is 33.8 Å². The Hall–Kier alpha value is -0.420. The van der Waals surface area contributed by atoms with E-state index < -0.39 is 6.10 Å². The molecule has 120 valence electrons. The number of aliphatic hydroxyl groups excluding tert-OH is 1. The first kappa shape index (κ1) is 15.5. The Morgan fingerprint density at radius 2 is 2.10 bits per heavy atom. The van der Waals surface area contributed by atoms with Crippen LogP contribution in [0, 0.1) is 11.8 Å². The highest BCUT2D eigenvalue weighted by Crippen LogP contribution is 2.60. The molecule has 1 aliphatic carbocycles. The van der Waals surface area contributed by atoms with E-state index in [0.29, 0.717) is 0 Å². The Balaban J connectivity index is 1.81. The molecule has 2 aliphatic heterocycles. The van der Waals surface area contributed by atoms with Crippen LogP contribution in [0.5, 0.6) is 0 Å². The van der Waals surface area contributed by atoms with Gasteiger partial charge in [-0.3, -0.25) is 0 Å². The molecule has 1 saturated carbocycles. The van der Waals surface area contributed by atoms with Gasteiger partial charge in [-0.2, -0.15) is 0 Å². The minimum Gasteiger partial charge on any atom is -0.390 e. The Kier molecular flexibility index (Phi) is 3.72. The van der Waals surface area contributed by atoms with Crippen LogP contribution in [-0.2, 0) is 14.2 Å². The second-order valence-electron chi connectivity index (χ2n) is 7.51. The molecule has 2 saturated heterocycles. The predicted octanol–water partition coefficient (Wildman–Crippen LogP) is 2.30. The van der Waals surface area contributed by atoms with Gasteiger partial charge in [0.1, 0.15) is 11.2 Å². The SMILES string of the molecule is CO[C@@H]1[C@H](O)[C@H](C)C[C@]2(CO2)[C@H]1[C@@]1(C)O[C@@H]1CC=C(C)C. The maximum atomic E-state index is 10.5. The molecule has 0 bridgehead atoms. The fourth-order valence-corrected chi connectivity index (χ4v) is 4.30. The quantitative estimate of drug-likeness (QED) is 0.639. The fourth-order valence-electron chi connectivity index (χ4n) is 4.30. The van der Waals surface area contributed by atoms with Gasteiger partial charge in [-0.1, -0.05) is 18.6 Å².